The van der Waals surface area contributed by atoms with Gasteiger partial charge in [-0.05, 0) is 25.5 Å². The maximum Gasteiger partial charge on any atom is 0.195 e. The Bertz CT molecular complexity index is 691. The van der Waals surface area contributed by atoms with Gasteiger partial charge in [-0.3, -0.25) is 4.99 Å². The Balaban J connectivity index is 0.00000312. The molecule has 0 atom stereocenters. The third-order valence-corrected chi connectivity index (χ3v) is 4.42. The zero-order valence-electron chi connectivity index (χ0n) is 15.0. The van der Waals surface area contributed by atoms with Crippen LogP contribution in [-0.2, 0) is 6.42 Å². The fourth-order valence-corrected chi connectivity index (χ4v) is 3.01. The van der Waals surface area contributed by atoms with Gasteiger partial charge in [-0.25, -0.2) is 4.98 Å². The molecule has 138 valence electrons. The van der Waals surface area contributed by atoms with Gasteiger partial charge >= 0.3 is 0 Å². The van der Waals surface area contributed by atoms with Gasteiger partial charge in [-0.2, -0.15) is 0 Å². The molecule has 25 heavy (non-hydrogen) atoms. The summed E-state index contributed by atoms with van der Waals surface area (Å²) in [6, 6.07) is 5.66. The highest BCUT2D eigenvalue weighted by Crippen LogP contribution is 2.29. The Morgan fingerprint density at radius 3 is 2.60 bits per heavy atom. The number of nitrogens with one attached hydrogen (secondary N) is 2. The molecule has 2 aromatic rings. The second-order valence-electron chi connectivity index (χ2n) is 5.18. The van der Waals surface area contributed by atoms with Gasteiger partial charge in [-0.15, -0.1) is 35.3 Å². The van der Waals surface area contributed by atoms with E-state index in [2.05, 4.69) is 26.0 Å². The number of aromatic nitrogens is 1. The molecule has 0 aliphatic carbocycles. The molecule has 0 spiro atoms. The van der Waals surface area contributed by atoms with Crippen molar-refractivity contribution in [3.63, 3.8) is 0 Å². The van der Waals surface area contributed by atoms with E-state index in [-0.39, 0.29) is 24.0 Å². The zero-order chi connectivity index (χ0) is 17.4. The van der Waals surface area contributed by atoms with Crippen LogP contribution in [0.5, 0.6) is 11.5 Å². The molecule has 0 saturated carbocycles. The van der Waals surface area contributed by atoms with Crippen molar-refractivity contribution in [2.45, 2.75) is 19.8 Å². The number of aliphatic imine (C=N–C) groups is 1. The van der Waals surface area contributed by atoms with Crippen LogP contribution in [0.15, 0.2) is 28.6 Å². The molecule has 6 nitrogen and oxygen atoms in total. The van der Waals surface area contributed by atoms with Crippen molar-refractivity contribution in [3.05, 3.63) is 34.3 Å². The van der Waals surface area contributed by atoms with Crippen LogP contribution in [0.3, 0.4) is 0 Å². The summed E-state index contributed by atoms with van der Waals surface area (Å²) in [7, 11) is 4.99. The predicted octanol–water partition coefficient (Wildman–Crippen LogP) is 3.71. The molecule has 0 aliphatic heterocycles. The lowest BCUT2D eigenvalue weighted by Crippen LogP contribution is -2.31. The summed E-state index contributed by atoms with van der Waals surface area (Å²) in [4.78, 5) is 8.71. The summed E-state index contributed by atoms with van der Waals surface area (Å²) >= 11 is 1.71. The van der Waals surface area contributed by atoms with Crippen LogP contribution in [0.25, 0.3) is 0 Å². The van der Waals surface area contributed by atoms with E-state index < -0.39 is 0 Å². The summed E-state index contributed by atoms with van der Waals surface area (Å²) in [5, 5.41) is 9.81. The lowest BCUT2D eigenvalue weighted by molar-refractivity contribution is 0.355. The van der Waals surface area contributed by atoms with Crippen LogP contribution in [0.1, 0.15) is 17.1 Å². The highest BCUT2D eigenvalue weighted by atomic mass is 127. The second kappa shape index (κ2) is 11.1. The lowest BCUT2D eigenvalue weighted by Gasteiger charge is -2.14. The van der Waals surface area contributed by atoms with E-state index in [4.69, 9.17) is 9.47 Å². The van der Waals surface area contributed by atoms with Crippen molar-refractivity contribution in [2.75, 3.05) is 33.1 Å². The average molecular weight is 476 g/mol. The molecule has 0 fully saturated rings. The average Bonchev–Trinajstić information content (AvgIpc) is 3.02. The largest absolute Gasteiger partial charge is 0.493 e. The highest BCUT2D eigenvalue weighted by Gasteiger charge is 2.06. The van der Waals surface area contributed by atoms with Crippen LogP contribution >= 0.6 is 35.3 Å². The number of nitrogens with zero attached hydrogens (tertiary/aromatic N) is 2. The lowest BCUT2D eigenvalue weighted by atomic mass is 10.2. The maximum absolute atomic E-state index is 5.31. The number of rotatable bonds is 7. The first-order valence-corrected chi connectivity index (χ1v) is 8.65. The van der Waals surface area contributed by atoms with Crippen molar-refractivity contribution >= 4 is 47.0 Å². The molecule has 0 bridgehead atoms. The molecule has 1 aromatic carbocycles. The summed E-state index contributed by atoms with van der Waals surface area (Å²) in [6.07, 6.45) is 1.97. The highest BCUT2D eigenvalue weighted by molar-refractivity contribution is 14.0. The third-order valence-electron chi connectivity index (χ3n) is 3.40. The summed E-state index contributed by atoms with van der Waals surface area (Å²) in [5.74, 6) is 2.10. The van der Waals surface area contributed by atoms with Gasteiger partial charge < -0.3 is 20.1 Å². The third kappa shape index (κ3) is 6.69. The normalized spacial score (nSPS) is 10.8. The molecular formula is C17H25IN4O2S. The first kappa shape index (κ1) is 21.5. The topological polar surface area (TPSA) is 67.8 Å². The van der Waals surface area contributed by atoms with Gasteiger partial charge in [0.2, 0.25) is 0 Å². The van der Waals surface area contributed by atoms with Crippen molar-refractivity contribution in [2.24, 2.45) is 4.99 Å². The molecular weight excluding hydrogens is 451 g/mol. The molecule has 0 radical (unpaired) electrons. The van der Waals surface area contributed by atoms with Crippen molar-refractivity contribution in [1.29, 1.82) is 0 Å². The molecule has 2 rings (SSSR count). The molecule has 0 unspecified atom stereocenters. The van der Waals surface area contributed by atoms with Crippen molar-refractivity contribution < 1.29 is 9.47 Å². The number of hydrogen-bond donors (Lipinski definition) is 2. The van der Waals surface area contributed by atoms with Gasteiger partial charge in [-0.1, -0.05) is 0 Å². The first-order chi connectivity index (χ1) is 11.7. The Morgan fingerprint density at radius 1 is 1.24 bits per heavy atom. The standard InChI is InChI=1S/C17H24N4O2S.HI/c1-12-11-24-16(20-12)6-5-9-19-17(18-2)21-13-7-8-14(22-3)15(10-13)23-4;/h7-8,10-11H,5-6,9H2,1-4H3,(H2,18,19,21);1H. The second-order valence-corrected chi connectivity index (χ2v) is 6.12. The van der Waals surface area contributed by atoms with Crippen molar-refractivity contribution in [1.82, 2.24) is 10.3 Å². The minimum atomic E-state index is 0. The van der Waals surface area contributed by atoms with E-state index >= 15 is 0 Å². The van der Waals surface area contributed by atoms with Crippen LogP contribution in [0.4, 0.5) is 5.69 Å². The Morgan fingerprint density at radius 2 is 2.00 bits per heavy atom. The fourth-order valence-electron chi connectivity index (χ4n) is 2.19. The van der Waals surface area contributed by atoms with E-state index in [9.17, 15) is 0 Å². The molecule has 0 saturated heterocycles. The van der Waals surface area contributed by atoms with Gasteiger partial charge in [0.25, 0.3) is 0 Å². The molecule has 0 aliphatic rings. The quantitative estimate of drug-likeness (QED) is 0.276. The monoisotopic (exact) mass is 476 g/mol. The zero-order valence-corrected chi connectivity index (χ0v) is 18.1. The number of anilines is 1. The van der Waals surface area contributed by atoms with Gasteiger partial charge in [0.1, 0.15) is 0 Å². The van der Waals surface area contributed by atoms with Gasteiger partial charge in [0.15, 0.2) is 17.5 Å². The van der Waals surface area contributed by atoms with E-state index in [0.29, 0.717) is 11.5 Å². The van der Waals surface area contributed by atoms with Crippen LogP contribution in [0.2, 0.25) is 0 Å². The summed E-state index contributed by atoms with van der Waals surface area (Å²) < 4.78 is 10.6. The Labute approximate surface area is 170 Å². The maximum atomic E-state index is 5.31. The molecule has 8 heteroatoms. The van der Waals surface area contributed by atoms with E-state index in [1.165, 1.54) is 5.01 Å². The number of ether oxygens (including phenoxy) is 2. The first-order valence-electron chi connectivity index (χ1n) is 7.77. The van der Waals surface area contributed by atoms with E-state index in [1.54, 1.807) is 32.6 Å². The summed E-state index contributed by atoms with van der Waals surface area (Å²) in [5.41, 5.74) is 1.98. The van der Waals surface area contributed by atoms with Gasteiger partial charge in [0.05, 0.1) is 19.2 Å². The Hall–Kier alpha value is -1.55. The summed E-state index contributed by atoms with van der Waals surface area (Å²) in [6.45, 7) is 2.85. The Kier molecular flexibility index (Phi) is 9.58. The minimum absolute atomic E-state index is 0. The number of guanidine groups is 1. The number of hydrogen-bond acceptors (Lipinski definition) is 5. The molecule has 1 heterocycles. The van der Waals surface area contributed by atoms with Crippen LogP contribution in [0, 0.1) is 6.92 Å². The number of halogens is 1. The van der Waals surface area contributed by atoms with Crippen LogP contribution < -0.4 is 20.1 Å². The van der Waals surface area contributed by atoms with Crippen LogP contribution in [-0.4, -0.2) is 38.8 Å². The van der Waals surface area contributed by atoms with E-state index in [0.717, 1.165) is 36.7 Å². The molecule has 0 amide bonds. The van der Waals surface area contributed by atoms with Gasteiger partial charge in [0, 0.05) is 42.8 Å². The van der Waals surface area contributed by atoms with Crippen molar-refractivity contribution in [3.8, 4) is 11.5 Å². The SMILES string of the molecule is CN=C(NCCCc1nc(C)cs1)Nc1ccc(OC)c(OC)c1.I. The van der Waals surface area contributed by atoms with E-state index in [1.807, 2.05) is 25.1 Å². The number of thiazole rings is 1. The molecule has 1 aromatic heterocycles. The smallest absolute Gasteiger partial charge is 0.195 e. The predicted molar refractivity (Wildman–Crippen MR) is 115 cm³/mol. The number of aryl methyl sites for hydroxylation is 2. The number of methoxy groups -OCH3 is 2. The minimum Gasteiger partial charge on any atom is -0.493 e. The molecule has 2 N–H and O–H groups in total. The number of benzene rings is 1. The fraction of sp³-hybridized carbons (Fsp3) is 0.412.